The van der Waals surface area contributed by atoms with Crippen LogP contribution >= 0.6 is 23.2 Å². The number of aromatic nitrogens is 3. The van der Waals surface area contributed by atoms with Gasteiger partial charge >= 0.3 is 0 Å². The van der Waals surface area contributed by atoms with Crippen molar-refractivity contribution in [1.82, 2.24) is 15.2 Å². The molecule has 0 amide bonds. The zero-order chi connectivity index (χ0) is 17.6. The zero-order valence-corrected chi connectivity index (χ0v) is 14.8. The molecule has 2 N–H and O–H groups in total. The summed E-state index contributed by atoms with van der Waals surface area (Å²) in [5.74, 6) is 0.413. The van der Waals surface area contributed by atoms with Crippen LogP contribution in [0, 0.1) is 0 Å². The molecule has 2 aromatic carbocycles. The van der Waals surface area contributed by atoms with Crippen molar-refractivity contribution >= 4 is 29.2 Å². The highest BCUT2D eigenvalue weighted by Gasteiger charge is 2.13. The Hall–Kier alpha value is -2.21. The van der Waals surface area contributed by atoms with Crippen molar-refractivity contribution in [2.45, 2.75) is 6.42 Å². The standard InChI is InChI=1S/C18H16Cl2N4O/c19-14-6-2-12(3-7-14)16-17(13-4-8-15(20)9-5-13)23-24-18(22-16)21-10-1-11-25/h2-9,25H,1,10-11H2,(H,21,22,24). The molecular formula is C18H16Cl2N4O. The Labute approximate surface area is 155 Å². The maximum absolute atomic E-state index is 8.90. The first kappa shape index (κ1) is 17.6. The molecule has 0 aliphatic rings. The fourth-order valence-corrected chi connectivity index (χ4v) is 2.54. The number of rotatable bonds is 6. The van der Waals surface area contributed by atoms with Crippen LogP contribution in [0.25, 0.3) is 22.5 Å². The largest absolute Gasteiger partial charge is 0.396 e. The molecule has 0 saturated heterocycles. The lowest BCUT2D eigenvalue weighted by Gasteiger charge is -2.10. The second-order valence-corrected chi connectivity index (χ2v) is 6.22. The van der Waals surface area contributed by atoms with Gasteiger partial charge in [-0.25, -0.2) is 4.98 Å². The van der Waals surface area contributed by atoms with Gasteiger partial charge in [0.2, 0.25) is 5.95 Å². The monoisotopic (exact) mass is 374 g/mol. The van der Waals surface area contributed by atoms with Crippen LogP contribution in [-0.4, -0.2) is 33.4 Å². The van der Waals surface area contributed by atoms with Gasteiger partial charge in [0.05, 0.1) is 0 Å². The van der Waals surface area contributed by atoms with Crippen LogP contribution in [0.2, 0.25) is 10.0 Å². The number of anilines is 1. The first-order valence-electron chi connectivity index (χ1n) is 7.78. The van der Waals surface area contributed by atoms with E-state index in [9.17, 15) is 0 Å². The Bertz CT molecular complexity index is 839. The molecule has 7 heteroatoms. The fourth-order valence-electron chi connectivity index (χ4n) is 2.29. The van der Waals surface area contributed by atoms with Crippen molar-refractivity contribution in [3.05, 3.63) is 58.6 Å². The van der Waals surface area contributed by atoms with Gasteiger partial charge in [-0.3, -0.25) is 0 Å². The van der Waals surface area contributed by atoms with Crippen LogP contribution in [0.4, 0.5) is 5.95 Å². The second kappa shape index (κ2) is 8.25. The molecule has 0 saturated carbocycles. The van der Waals surface area contributed by atoms with E-state index in [4.69, 9.17) is 28.3 Å². The van der Waals surface area contributed by atoms with E-state index < -0.39 is 0 Å². The molecule has 0 atom stereocenters. The van der Waals surface area contributed by atoms with E-state index in [1.165, 1.54) is 0 Å². The van der Waals surface area contributed by atoms with Crippen LogP contribution < -0.4 is 5.32 Å². The molecule has 25 heavy (non-hydrogen) atoms. The van der Waals surface area contributed by atoms with E-state index >= 15 is 0 Å². The Kier molecular flexibility index (Phi) is 5.81. The van der Waals surface area contributed by atoms with Crippen LogP contribution in [0.1, 0.15) is 6.42 Å². The maximum atomic E-state index is 8.90. The molecule has 0 spiro atoms. The van der Waals surface area contributed by atoms with E-state index in [0.29, 0.717) is 40.3 Å². The molecule has 0 fully saturated rings. The summed E-state index contributed by atoms with van der Waals surface area (Å²) >= 11 is 12.0. The van der Waals surface area contributed by atoms with Gasteiger partial charge in [0.1, 0.15) is 11.4 Å². The topological polar surface area (TPSA) is 70.9 Å². The van der Waals surface area contributed by atoms with Gasteiger partial charge in [0.15, 0.2) is 0 Å². The van der Waals surface area contributed by atoms with Crippen molar-refractivity contribution in [3.8, 4) is 22.5 Å². The first-order valence-corrected chi connectivity index (χ1v) is 8.54. The number of aliphatic hydroxyl groups is 1. The fraction of sp³-hybridized carbons (Fsp3) is 0.167. The Morgan fingerprint density at radius 1 is 0.800 bits per heavy atom. The minimum Gasteiger partial charge on any atom is -0.396 e. The summed E-state index contributed by atoms with van der Waals surface area (Å²) in [5, 5.41) is 21.7. The van der Waals surface area contributed by atoms with E-state index in [-0.39, 0.29) is 6.61 Å². The Morgan fingerprint density at radius 3 is 1.92 bits per heavy atom. The van der Waals surface area contributed by atoms with Crippen molar-refractivity contribution in [1.29, 1.82) is 0 Å². The summed E-state index contributed by atoms with van der Waals surface area (Å²) < 4.78 is 0. The second-order valence-electron chi connectivity index (χ2n) is 5.35. The number of nitrogens with one attached hydrogen (secondary N) is 1. The lowest BCUT2D eigenvalue weighted by Crippen LogP contribution is -2.09. The number of benzene rings is 2. The van der Waals surface area contributed by atoms with Crippen LogP contribution in [0.3, 0.4) is 0 Å². The lowest BCUT2D eigenvalue weighted by molar-refractivity contribution is 0.292. The minimum atomic E-state index is 0.104. The number of halogens is 2. The molecule has 0 radical (unpaired) electrons. The summed E-state index contributed by atoms with van der Waals surface area (Å²) in [6.07, 6.45) is 0.610. The summed E-state index contributed by atoms with van der Waals surface area (Å²) in [7, 11) is 0. The lowest BCUT2D eigenvalue weighted by atomic mass is 10.0. The van der Waals surface area contributed by atoms with Crippen LogP contribution in [-0.2, 0) is 0 Å². The van der Waals surface area contributed by atoms with Crippen molar-refractivity contribution in [3.63, 3.8) is 0 Å². The Balaban J connectivity index is 2.03. The highest BCUT2D eigenvalue weighted by atomic mass is 35.5. The minimum absolute atomic E-state index is 0.104. The quantitative estimate of drug-likeness (QED) is 0.629. The van der Waals surface area contributed by atoms with Crippen LogP contribution in [0.5, 0.6) is 0 Å². The molecule has 3 rings (SSSR count). The molecule has 0 unspecified atom stereocenters. The Morgan fingerprint density at radius 2 is 1.36 bits per heavy atom. The highest BCUT2D eigenvalue weighted by Crippen LogP contribution is 2.30. The maximum Gasteiger partial charge on any atom is 0.243 e. The third-order valence-corrected chi connectivity index (χ3v) is 4.04. The van der Waals surface area contributed by atoms with E-state index in [2.05, 4.69) is 20.5 Å². The molecule has 128 valence electrons. The number of nitrogens with zero attached hydrogens (tertiary/aromatic N) is 3. The smallest absolute Gasteiger partial charge is 0.243 e. The zero-order valence-electron chi connectivity index (χ0n) is 13.3. The van der Waals surface area contributed by atoms with Gasteiger partial charge < -0.3 is 10.4 Å². The summed E-state index contributed by atoms with van der Waals surface area (Å²) in [4.78, 5) is 4.60. The normalized spacial score (nSPS) is 10.7. The molecule has 1 aromatic heterocycles. The highest BCUT2D eigenvalue weighted by molar-refractivity contribution is 6.31. The molecule has 0 aliphatic carbocycles. The molecule has 3 aromatic rings. The third kappa shape index (κ3) is 4.45. The average molecular weight is 375 g/mol. The van der Waals surface area contributed by atoms with E-state index in [1.807, 2.05) is 36.4 Å². The number of aliphatic hydroxyl groups excluding tert-OH is 1. The SMILES string of the molecule is OCCCNc1nnc(-c2ccc(Cl)cc2)c(-c2ccc(Cl)cc2)n1. The van der Waals surface area contributed by atoms with Gasteiger partial charge in [-0.2, -0.15) is 0 Å². The average Bonchev–Trinajstić information content (AvgIpc) is 2.63. The van der Waals surface area contributed by atoms with E-state index in [0.717, 1.165) is 11.1 Å². The summed E-state index contributed by atoms with van der Waals surface area (Å²) in [6.45, 7) is 0.672. The van der Waals surface area contributed by atoms with Gasteiger partial charge in [0, 0.05) is 34.3 Å². The van der Waals surface area contributed by atoms with Gasteiger partial charge in [-0.1, -0.05) is 47.5 Å². The van der Waals surface area contributed by atoms with Gasteiger partial charge in [0.25, 0.3) is 0 Å². The molecule has 0 bridgehead atoms. The third-order valence-electron chi connectivity index (χ3n) is 3.54. The molecule has 0 aliphatic heterocycles. The summed E-state index contributed by atoms with van der Waals surface area (Å²) in [5.41, 5.74) is 3.11. The van der Waals surface area contributed by atoms with Crippen molar-refractivity contribution in [2.24, 2.45) is 0 Å². The molecular weight excluding hydrogens is 359 g/mol. The first-order chi connectivity index (χ1) is 12.2. The van der Waals surface area contributed by atoms with Gasteiger partial charge in [-0.15, -0.1) is 10.2 Å². The molecule has 1 heterocycles. The van der Waals surface area contributed by atoms with Crippen molar-refractivity contribution < 1.29 is 5.11 Å². The molecule has 5 nitrogen and oxygen atoms in total. The number of hydrogen-bond acceptors (Lipinski definition) is 5. The number of hydrogen-bond donors (Lipinski definition) is 2. The predicted octanol–water partition coefficient (Wildman–Crippen LogP) is 4.31. The predicted molar refractivity (Wildman–Crippen MR) is 101 cm³/mol. The van der Waals surface area contributed by atoms with Crippen LogP contribution in [0.15, 0.2) is 48.5 Å². The summed E-state index contributed by atoms with van der Waals surface area (Å²) in [6, 6.07) is 14.8. The van der Waals surface area contributed by atoms with Crippen molar-refractivity contribution in [2.75, 3.05) is 18.5 Å². The van der Waals surface area contributed by atoms with E-state index in [1.54, 1.807) is 12.1 Å². The van der Waals surface area contributed by atoms with Gasteiger partial charge in [-0.05, 0) is 30.7 Å².